The summed E-state index contributed by atoms with van der Waals surface area (Å²) in [5.74, 6) is 6.37. The molecule has 0 radical (unpaired) electrons. The van der Waals surface area contributed by atoms with Crippen LogP contribution in [0, 0.1) is 6.92 Å². The molecule has 18 heavy (non-hydrogen) atoms. The van der Waals surface area contributed by atoms with Gasteiger partial charge in [-0.3, -0.25) is 11.3 Å². The van der Waals surface area contributed by atoms with Crippen LogP contribution in [0.25, 0.3) is 0 Å². The van der Waals surface area contributed by atoms with Crippen LogP contribution >= 0.6 is 15.9 Å². The molecular formula is C13H15BrN4. The van der Waals surface area contributed by atoms with Crippen molar-refractivity contribution in [1.82, 2.24) is 15.4 Å². The van der Waals surface area contributed by atoms with Gasteiger partial charge in [-0.1, -0.05) is 28.1 Å². The van der Waals surface area contributed by atoms with E-state index >= 15 is 0 Å². The van der Waals surface area contributed by atoms with Crippen molar-refractivity contribution in [2.75, 3.05) is 0 Å². The summed E-state index contributed by atoms with van der Waals surface area (Å²) < 4.78 is 1.07. The van der Waals surface area contributed by atoms with Crippen LogP contribution in [0.3, 0.4) is 0 Å². The van der Waals surface area contributed by atoms with Crippen LogP contribution in [-0.4, -0.2) is 9.97 Å². The Balaban J connectivity index is 2.17. The molecule has 94 valence electrons. The normalized spacial score (nSPS) is 12.4. The van der Waals surface area contributed by atoms with E-state index in [1.54, 1.807) is 6.20 Å². The standard InChI is InChI=1S/C13H15BrN4/c1-9-16-7-6-12(17-9)13(18-15)8-10-2-4-11(14)5-3-10/h2-7,13,18H,8,15H2,1H3. The van der Waals surface area contributed by atoms with Gasteiger partial charge in [0.15, 0.2) is 0 Å². The van der Waals surface area contributed by atoms with E-state index in [2.05, 4.69) is 43.5 Å². The maximum atomic E-state index is 5.61. The lowest BCUT2D eigenvalue weighted by Crippen LogP contribution is -2.30. The van der Waals surface area contributed by atoms with E-state index in [0.29, 0.717) is 0 Å². The van der Waals surface area contributed by atoms with Gasteiger partial charge in [-0.25, -0.2) is 9.97 Å². The predicted octanol–water partition coefficient (Wildman–Crippen LogP) is 2.29. The SMILES string of the molecule is Cc1nccc(C(Cc2ccc(Br)cc2)NN)n1. The Kier molecular flexibility index (Phi) is 4.41. The largest absolute Gasteiger partial charge is 0.271 e. The van der Waals surface area contributed by atoms with Crippen molar-refractivity contribution in [2.24, 2.45) is 5.84 Å². The molecular weight excluding hydrogens is 292 g/mol. The number of halogens is 1. The third-order valence-electron chi connectivity index (χ3n) is 2.71. The summed E-state index contributed by atoms with van der Waals surface area (Å²) in [5, 5.41) is 0. The number of hydrogen-bond donors (Lipinski definition) is 2. The molecule has 1 aromatic carbocycles. The molecule has 0 aliphatic rings. The number of aryl methyl sites for hydroxylation is 1. The molecule has 1 heterocycles. The first-order valence-electron chi connectivity index (χ1n) is 5.69. The van der Waals surface area contributed by atoms with Crippen LogP contribution in [0.15, 0.2) is 41.0 Å². The van der Waals surface area contributed by atoms with E-state index in [-0.39, 0.29) is 6.04 Å². The Morgan fingerprint density at radius 2 is 2.00 bits per heavy atom. The fourth-order valence-corrected chi connectivity index (χ4v) is 2.04. The molecule has 0 aliphatic heterocycles. The Hall–Kier alpha value is -1.30. The Bertz CT molecular complexity index is 513. The molecule has 1 aromatic heterocycles. The lowest BCUT2D eigenvalue weighted by Gasteiger charge is -2.15. The summed E-state index contributed by atoms with van der Waals surface area (Å²) in [4.78, 5) is 8.48. The van der Waals surface area contributed by atoms with Crippen LogP contribution in [0.5, 0.6) is 0 Å². The molecule has 1 unspecified atom stereocenters. The minimum absolute atomic E-state index is 0.00660. The molecule has 0 saturated heterocycles. The molecule has 2 aromatic rings. The molecule has 4 nitrogen and oxygen atoms in total. The van der Waals surface area contributed by atoms with Crippen LogP contribution in [-0.2, 0) is 6.42 Å². The first-order valence-corrected chi connectivity index (χ1v) is 6.48. The average Bonchev–Trinajstić information content (AvgIpc) is 2.38. The van der Waals surface area contributed by atoms with E-state index in [4.69, 9.17) is 5.84 Å². The van der Waals surface area contributed by atoms with E-state index in [1.807, 2.05) is 25.1 Å². The van der Waals surface area contributed by atoms with Crippen molar-refractivity contribution in [3.63, 3.8) is 0 Å². The predicted molar refractivity (Wildman–Crippen MR) is 74.7 cm³/mol. The van der Waals surface area contributed by atoms with Crippen molar-refractivity contribution >= 4 is 15.9 Å². The molecule has 1 atom stereocenters. The minimum atomic E-state index is -0.00660. The molecule has 0 spiro atoms. The van der Waals surface area contributed by atoms with Gasteiger partial charge in [0, 0.05) is 10.7 Å². The number of hydrazine groups is 1. The van der Waals surface area contributed by atoms with Gasteiger partial charge in [0.2, 0.25) is 0 Å². The second kappa shape index (κ2) is 6.04. The van der Waals surface area contributed by atoms with Gasteiger partial charge in [-0.2, -0.15) is 0 Å². The fourth-order valence-electron chi connectivity index (χ4n) is 1.77. The number of hydrogen-bond acceptors (Lipinski definition) is 4. The summed E-state index contributed by atoms with van der Waals surface area (Å²) >= 11 is 3.42. The van der Waals surface area contributed by atoms with Crippen molar-refractivity contribution in [2.45, 2.75) is 19.4 Å². The molecule has 0 fully saturated rings. The quantitative estimate of drug-likeness (QED) is 0.672. The Labute approximate surface area is 115 Å². The number of nitrogens with two attached hydrogens (primary N) is 1. The van der Waals surface area contributed by atoms with E-state index in [1.165, 1.54) is 5.56 Å². The van der Waals surface area contributed by atoms with E-state index in [0.717, 1.165) is 22.4 Å². The molecule has 0 saturated carbocycles. The molecule has 0 aliphatic carbocycles. The van der Waals surface area contributed by atoms with Gasteiger partial charge in [0.05, 0.1) is 11.7 Å². The Morgan fingerprint density at radius 3 is 2.61 bits per heavy atom. The number of benzene rings is 1. The Morgan fingerprint density at radius 1 is 1.28 bits per heavy atom. The topological polar surface area (TPSA) is 63.8 Å². The number of rotatable bonds is 4. The monoisotopic (exact) mass is 306 g/mol. The van der Waals surface area contributed by atoms with Gasteiger partial charge in [-0.05, 0) is 37.1 Å². The smallest absolute Gasteiger partial charge is 0.125 e. The molecule has 0 bridgehead atoms. The van der Waals surface area contributed by atoms with Crippen molar-refractivity contribution in [3.8, 4) is 0 Å². The highest BCUT2D eigenvalue weighted by atomic mass is 79.9. The first-order chi connectivity index (χ1) is 8.69. The maximum absolute atomic E-state index is 5.61. The summed E-state index contributed by atoms with van der Waals surface area (Å²) in [6.45, 7) is 1.87. The molecule has 5 heteroatoms. The average molecular weight is 307 g/mol. The second-order valence-corrected chi connectivity index (χ2v) is 4.99. The summed E-state index contributed by atoms with van der Waals surface area (Å²) in [7, 11) is 0. The van der Waals surface area contributed by atoms with Gasteiger partial charge >= 0.3 is 0 Å². The van der Waals surface area contributed by atoms with E-state index in [9.17, 15) is 0 Å². The van der Waals surface area contributed by atoms with Crippen molar-refractivity contribution in [3.05, 3.63) is 58.1 Å². The number of nitrogens with one attached hydrogen (secondary N) is 1. The highest BCUT2D eigenvalue weighted by molar-refractivity contribution is 9.10. The summed E-state index contributed by atoms with van der Waals surface area (Å²) in [6.07, 6.45) is 2.55. The van der Waals surface area contributed by atoms with Gasteiger partial charge < -0.3 is 0 Å². The zero-order valence-electron chi connectivity index (χ0n) is 10.1. The maximum Gasteiger partial charge on any atom is 0.125 e. The van der Waals surface area contributed by atoms with Crippen LogP contribution in [0.4, 0.5) is 0 Å². The van der Waals surface area contributed by atoms with Gasteiger partial charge in [-0.15, -0.1) is 0 Å². The van der Waals surface area contributed by atoms with Crippen molar-refractivity contribution in [1.29, 1.82) is 0 Å². The third-order valence-corrected chi connectivity index (χ3v) is 3.24. The zero-order chi connectivity index (χ0) is 13.0. The van der Waals surface area contributed by atoms with Gasteiger partial charge in [0.1, 0.15) is 5.82 Å². The molecule has 2 rings (SSSR count). The highest BCUT2D eigenvalue weighted by Crippen LogP contribution is 2.17. The third kappa shape index (κ3) is 3.35. The number of aromatic nitrogens is 2. The van der Waals surface area contributed by atoms with E-state index < -0.39 is 0 Å². The number of nitrogens with zero attached hydrogens (tertiary/aromatic N) is 2. The van der Waals surface area contributed by atoms with Crippen LogP contribution in [0.1, 0.15) is 23.1 Å². The summed E-state index contributed by atoms with van der Waals surface area (Å²) in [6, 6.07) is 10.1. The lowest BCUT2D eigenvalue weighted by molar-refractivity contribution is 0.535. The zero-order valence-corrected chi connectivity index (χ0v) is 11.7. The first kappa shape index (κ1) is 13.1. The minimum Gasteiger partial charge on any atom is -0.271 e. The lowest BCUT2D eigenvalue weighted by atomic mass is 10.0. The molecule has 3 N–H and O–H groups in total. The van der Waals surface area contributed by atoms with Crippen LogP contribution in [0.2, 0.25) is 0 Å². The highest BCUT2D eigenvalue weighted by Gasteiger charge is 2.12. The fraction of sp³-hybridized carbons (Fsp3) is 0.231. The van der Waals surface area contributed by atoms with Gasteiger partial charge in [0.25, 0.3) is 0 Å². The molecule has 0 amide bonds. The van der Waals surface area contributed by atoms with Crippen LogP contribution < -0.4 is 11.3 Å². The summed E-state index contributed by atoms with van der Waals surface area (Å²) in [5.41, 5.74) is 4.92. The second-order valence-electron chi connectivity index (χ2n) is 4.08. The van der Waals surface area contributed by atoms with Crippen molar-refractivity contribution < 1.29 is 0 Å².